The maximum atomic E-state index is 12.7. The van der Waals surface area contributed by atoms with Gasteiger partial charge in [-0.25, -0.2) is 8.78 Å². The van der Waals surface area contributed by atoms with Crippen molar-refractivity contribution in [2.24, 2.45) is 11.8 Å². The molecule has 17 heavy (non-hydrogen) atoms. The summed E-state index contributed by atoms with van der Waals surface area (Å²) < 4.78 is 25.4. The molecule has 2 N–H and O–H groups in total. The Balaban J connectivity index is 1.93. The SMILES string of the molecule is CC1C=C(C(=O)NCC2CNC2)C(C(F)F)=C1. The first-order valence-corrected chi connectivity index (χ1v) is 5.79. The van der Waals surface area contributed by atoms with Crippen molar-refractivity contribution < 1.29 is 13.6 Å². The van der Waals surface area contributed by atoms with Crippen molar-refractivity contribution in [1.29, 1.82) is 0 Å². The summed E-state index contributed by atoms with van der Waals surface area (Å²) in [5.41, 5.74) is 0.00140. The van der Waals surface area contributed by atoms with Gasteiger partial charge in [-0.1, -0.05) is 19.1 Å². The highest BCUT2D eigenvalue weighted by Crippen LogP contribution is 2.28. The minimum atomic E-state index is -2.58. The maximum Gasteiger partial charge on any atom is 0.264 e. The smallest absolute Gasteiger partial charge is 0.264 e. The molecule has 2 aliphatic rings. The van der Waals surface area contributed by atoms with Crippen molar-refractivity contribution in [3.05, 3.63) is 23.3 Å². The first kappa shape index (κ1) is 12.2. The largest absolute Gasteiger partial charge is 0.352 e. The van der Waals surface area contributed by atoms with E-state index in [0.717, 1.165) is 13.1 Å². The summed E-state index contributed by atoms with van der Waals surface area (Å²) >= 11 is 0. The second kappa shape index (κ2) is 4.96. The van der Waals surface area contributed by atoms with Gasteiger partial charge in [-0.3, -0.25) is 4.79 Å². The van der Waals surface area contributed by atoms with Crippen molar-refractivity contribution in [1.82, 2.24) is 10.6 Å². The van der Waals surface area contributed by atoms with E-state index in [2.05, 4.69) is 10.6 Å². The van der Waals surface area contributed by atoms with Crippen LogP contribution in [0.1, 0.15) is 6.92 Å². The lowest BCUT2D eigenvalue weighted by molar-refractivity contribution is -0.117. The Morgan fingerprint density at radius 3 is 2.76 bits per heavy atom. The van der Waals surface area contributed by atoms with Gasteiger partial charge in [0.05, 0.1) is 0 Å². The zero-order valence-corrected chi connectivity index (χ0v) is 9.67. The Morgan fingerprint density at radius 2 is 2.24 bits per heavy atom. The average Bonchev–Trinajstić information content (AvgIpc) is 2.58. The van der Waals surface area contributed by atoms with Crippen LogP contribution in [0, 0.1) is 11.8 Å². The van der Waals surface area contributed by atoms with Crippen molar-refractivity contribution in [3.63, 3.8) is 0 Å². The predicted molar refractivity (Wildman–Crippen MR) is 60.7 cm³/mol. The van der Waals surface area contributed by atoms with Crippen molar-refractivity contribution in [2.45, 2.75) is 13.3 Å². The number of rotatable bonds is 4. The van der Waals surface area contributed by atoms with Crippen LogP contribution in [0.5, 0.6) is 0 Å². The fourth-order valence-corrected chi connectivity index (χ4v) is 2.00. The van der Waals surface area contributed by atoms with Crippen LogP contribution in [0.3, 0.4) is 0 Å². The zero-order chi connectivity index (χ0) is 12.4. The van der Waals surface area contributed by atoms with Gasteiger partial charge in [0.1, 0.15) is 0 Å². The molecule has 0 spiro atoms. The molecule has 94 valence electrons. The Morgan fingerprint density at radius 1 is 1.53 bits per heavy atom. The average molecular weight is 242 g/mol. The lowest BCUT2D eigenvalue weighted by Gasteiger charge is -2.27. The maximum absolute atomic E-state index is 12.7. The molecule has 0 bridgehead atoms. The minimum absolute atomic E-state index is 0.0925. The second-order valence-corrected chi connectivity index (χ2v) is 4.60. The van der Waals surface area contributed by atoms with Crippen LogP contribution in [-0.4, -0.2) is 32.0 Å². The van der Waals surface area contributed by atoms with E-state index in [0.29, 0.717) is 12.5 Å². The van der Waals surface area contributed by atoms with E-state index in [9.17, 15) is 13.6 Å². The number of amides is 1. The summed E-state index contributed by atoms with van der Waals surface area (Å²) in [4.78, 5) is 11.8. The third-order valence-electron chi connectivity index (χ3n) is 3.08. The van der Waals surface area contributed by atoms with Crippen LogP contribution in [0.15, 0.2) is 23.3 Å². The van der Waals surface area contributed by atoms with Gasteiger partial charge >= 0.3 is 0 Å². The molecular weight excluding hydrogens is 226 g/mol. The molecular formula is C12H16F2N2O. The monoisotopic (exact) mass is 242 g/mol. The molecule has 0 radical (unpaired) electrons. The first-order valence-electron chi connectivity index (χ1n) is 5.79. The molecule has 1 heterocycles. The molecule has 0 aromatic rings. The summed E-state index contributed by atoms with van der Waals surface area (Å²) in [6.45, 7) is 4.10. The van der Waals surface area contributed by atoms with Gasteiger partial charge in [0.15, 0.2) is 0 Å². The summed E-state index contributed by atoms with van der Waals surface area (Å²) in [5, 5.41) is 5.80. The van der Waals surface area contributed by atoms with Crippen LogP contribution in [0.2, 0.25) is 0 Å². The molecule has 0 aromatic carbocycles. The van der Waals surface area contributed by atoms with E-state index in [1.165, 1.54) is 6.08 Å². The fraction of sp³-hybridized carbons (Fsp3) is 0.583. The number of hydrogen-bond donors (Lipinski definition) is 2. The van der Waals surface area contributed by atoms with Crippen LogP contribution in [-0.2, 0) is 4.79 Å². The minimum Gasteiger partial charge on any atom is -0.352 e. The van der Waals surface area contributed by atoms with Crippen LogP contribution >= 0.6 is 0 Å². The van der Waals surface area contributed by atoms with E-state index in [4.69, 9.17) is 0 Å². The first-order chi connectivity index (χ1) is 8.08. The molecule has 3 nitrogen and oxygen atoms in total. The van der Waals surface area contributed by atoms with E-state index in [1.807, 2.05) is 0 Å². The van der Waals surface area contributed by atoms with Gasteiger partial charge in [-0.15, -0.1) is 0 Å². The Labute approximate surface area is 99.0 Å². The van der Waals surface area contributed by atoms with Gasteiger partial charge in [0.2, 0.25) is 0 Å². The number of alkyl halides is 2. The highest BCUT2D eigenvalue weighted by atomic mass is 19.3. The second-order valence-electron chi connectivity index (χ2n) is 4.60. The van der Waals surface area contributed by atoms with Gasteiger partial charge in [-0.05, 0) is 5.92 Å². The molecule has 1 fully saturated rings. The van der Waals surface area contributed by atoms with E-state index < -0.39 is 6.43 Å². The topological polar surface area (TPSA) is 41.1 Å². The van der Waals surface area contributed by atoms with Gasteiger partial charge in [0.25, 0.3) is 12.3 Å². The lowest BCUT2D eigenvalue weighted by atomic mass is 10.0. The number of hydrogen-bond acceptors (Lipinski definition) is 2. The van der Waals surface area contributed by atoms with Crippen LogP contribution in [0.25, 0.3) is 0 Å². The van der Waals surface area contributed by atoms with Gasteiger partial charge in [0, 0.05) is 36.7 Å². The summed E-state index contributed by atoms with van der Waals surface area (Å²) in [6.07, 6.45) is 0.461. The predicted octanol–water partition coefficient (Wildman–Crippen LogP) is 1.09. The number of halogens is 2. The van der Waals surface area contributed by atoms with Crippen molar-refractivity contribution >= 4 is 5.91 Å². The third-order valence-corrected chi connectivity index (χ3v) is 3.08. The summed E-state index contributed by atoms with van der Waals surface area (Å²) in [6, 6.07) is 0. The number of carbonyl (C=O) groups is 1. The normalized spacial score (nSPS) is 24.4. The molecule has 1 aliphatic heterocycles. The van der Waals surface area contributed by atoms with Gasteiger partial charge in [-0.2, -0.15) is 0 Å². The lowest BCUT2D eigenvalue weighted by Crippen LogP contribution is -2.48. The van der Waals surface area contributed by atoms with E-state index in [1.54, 1.807) is 13.0 Å². The quantitative estimate of drug-likeness (QED) is 0.775. The standard InChI is InChI=1S/C12H16F2N2O/c1-7-2-9(11(13)14)10(3-7)12(17)16-6-8-4-15-5-8/h2-3,7-8,11,15H,4-6H2,1H3,(H,16,17). The summed E-state index contributed by atoms with van der Waals surface area (Å²) in [5.74, 6) is -0.0460. The molecule has 1 aliphatic carbocycles. The molecule has 1 amide bonds. The highest BCUT2D eigenvalue weighted by Gasteiger charge is 2.27. The van der Waals surface area contributed by atoms with E-state index >= 15 is 0 Å². The summed E-state index contributed by atoms with van der Waals surface area (Å²) in [7, 11) is 0. The molecule has 0 aromatic heterocycles. The Hall–Kier alpha value is -1.23. The van der Waals surface area contributed by atoms with Crippen molar-refractivity contribution in [3.8, 4) is 0 Å². The fourth-order valence-electron chi connectivity index (χ4n) is 2.00. The Bertz CT molecular complexity index is 373. The number of nitrogens with one attached hydrogen (secondary N) is 2. The van der Waals surface area contributed by atoms with Crippen LogP contribution in [0.4, 0.5) is 8.78 Å². The molecule has 1 unspecified atom stereocenters. The molecule has 0 saturated carbocycles. The Kier molecular flexibility index (Phi) is 3.57. The number of allylic oxidation sites excluding steroid dienone is 2. The third kappa shape index (κ3) is 2.72. The molecule has 2 rings (SSSR count). The van der Waals surface area contributed by atoms with Crippen molar-refractivity contribution in [2.75, 3.05) is 19.6 Å². The number of carbonyl (C=O) groups excluding carboxylic acids is 1. The molecule has 5 heteroatoms. The molecule has 1 saturated heterocycles. The zero-order valence-electron chi connectivity index (χ0n) is 9.67. The van der Waals surface area contributed by atoms with Crippen LogP contribution < -0.4 is 10.6 Å². The van der Waals surface area contributed by atoms with E-state index in [-0.39, 0.29) is 23.0 Å². The molecule has 1 atom stereocenters. The highest BCUT2D eigenvalue weighted by molar-refractivity contribution is 5.98. The van der Waals surface area contributed by atoms with Gasteiger partial charge < -0.3 is 10.6 Å².